The molecule has 0 saturated heterocycles. The summed E-state index contributed by atoms with van der Waals surface area (Å²) in [4.78, 5) is 12.6. The van der Waals surface area contributed by atoms with Gasteiger partial charge in [-0.05, 0) is 37.4 Å². The first kappa shape index (κ1) is 13.8. The second-order valence-electron chi connectivity index (χ2n) is 5.15. The van der Waals surface area contributed by atoms with Crippen molar-refractivity contribution in [1.82, 2.24) is 0 Å². The van der Waals surface area contributed by atoms with Crippen LogP contribution in [-0.2, 0) is 0 Å². The van der Waals surface area contributed by atoms with E-state index in [1.165, 1.54) is 10.1 Å². The van der Waals surface area contributed by atoms with Crippen molar-refractivity contribution in [2.24, 2.45) is 0 Å². The van der Waals surface area contributed by atoms with Crippen LogP contribution in [0.5, 0.6) is 5.75 Å². The van der Waals surface area contributed by atoms with Crippen LogP contribution in [0.3, 0.4) is 0 Å². The monoisotopic (exact) mass is 296 g/mol. The van der Waals surface area contributed by atoms with Crippen LogP contribution in [0.2, 0.25) is 0 Å². The molecule has 0 aliphatic heterocycles. The fourth-order valence-corrected chi connectivity index (χ4v) is 3.45. The predicted octanol–water partition coefficient (Wildman–Crippen LogP) is 5.17. The smallest absolute Gasteiger partial charge is 0.154 e. The third-order valence-corrected chi connectivity index (χ3v) is 4.39. The van der Waals surface area contributed by atoms with Gasteiger partial charge in [0.1, 0.15) is 5.75 Å². The Kier molecular flexibility index (Phi) is 3.76. The lowest BCUT2D eigenvalue weighted by atomic mass is 10.1. The highest BCUT2D eigenvalue weighted by atomic mass is 32.1. The van der Waals surface area contributed by atoms with Gasteiger partial charge in [0.2, 0.25) is 0 Å². The van der Waals surface area contributed by atoms with Gasteiger partial charge in [0.05, 0.1) is 11.7 Å². The summed E-state index contributed by atoms with van der Waals surface area (Å²) >= 11 is 1.69. The summed E-state index contributed by atoms with van der Waals surface area (Å²) in [6.45, 7) is 3.92. The summed E-state index contributed by atoms with van der Waals surface area (Å²) in [5.41, 5.74) is 1.56. The van der Waals surface area contributed by atoms with Crippen molar-refractivity contribution in [2.45, 2.75) is 20.0 Å². The minimum atomic E-state index is 0.0429. The lowest BCUT2D eigenvalue weighted by Crippen LogP contribution is -2.07. The first-order chi connectivity index (χ1) is 10.2. The molecular weight excluding hydrogens is 280 g/mol. The molecule has 0 unspecified atom stereocenters. The average molecular weight is 296 g/mol. The van der Waals surface area contributed by atoms with Crippen molar-refractivity contribution in [3.8, 4) is 16.2 Å². The molecule has 0 spiro atoms. The minimum Gasteiger partial charge on any atom is -0.490 e. The van der Waals surface area contributed by atoms with E-state index in [-0.39, 0.29) is 6.10 Å². The zero-order valence-corrected chi connectivity index (χ0v) is 12.8. The number of carbonyl (C=O) groups excluding carboxylic acids is 1. The minimum absolute atomic E-state index is 0.0429. The highest BCUT2D eigenvalue weighted by Gasteiger charge is 2.13. The average Bonchev–Trinajstić information content (AvgIpc) is 2.90. The van der Waals surface area contributed by atoms with E-state index in [4.69, 9.17) is 4.74 Å². The van der Waals surface area contributed by atoms with E-state index in [2.05, 4.69) is 18.2 Å². The van der Waals surface area contributed by atoms with Crippen LogP contribution < -0.4 is 4.74 Å². The number of fused-ring (bicyclic) bond motifs is 1. The maximum Gasteiger partial charge on any atom is 0.154 e. The molecule has 2 aromatic carbocycles. The molecule has 0 radical (unpaired) electrons. The van der Waals surface area contributed by atoms with Gasteiger partial charge in [-0.15, -0.1) is 11.3 Å². The number of thiophene rings is 1. The van der Waals surface area contributed by atoms with Crippen molar-refractivity contribution >= 4 is 27.7 Å². The Balaban J connectivity index is 2.14. The number of aldehydes is 1. The van der Waals surface area contributed by atoms with Crippen molar-refractivity contribution in [1.29, 1.82) is 0 Å². The Morgan fingerprint density at radius 3 is 2.62 bits per heavy atom. The number of hydrogen-bond acceptors (Lipinski definition) is 3. The molecule has 3 rings (SSSR count). The predicted molar refractivity (Wildman–Crippen MR) is 88.4 cm³/mol. The molecule has 0 fully saturated rings. The van der Waals surface area contributed by atoms with Crippen molar-refractivity contribution < 1.29 is 9.53 Å². The van der Waals surface area contributed by atoms with Gasteiger partial charge in [-0.1, -0.05) is 30.3 Å². The summed E-state index contributed by atoms with van der Waals surface area (Å²) in [7, 11) is 0. The third kappa shape index (κ3) is 2.69. The van der Waals surface area contributed by atoms with Crippen molar-refractivity contribution in [2.75, 3.05) is 0 Å². The number of ether oxygens (including phenoxy) is 1. The first-order valence-electron chi connectivity index (χ1n) is 6.93. The van der Waals surface area contributed by atoms with E-state index < -0.39 is 0 Å². The standard InChI is InChI=1S/C18H16O2S/c1-12(2)20-16-8-5-7-14(15(16)11-19)18-10-13-6-3-4-9-17(13)21-18/h3-12H,1-2H3. The quantitative estimate of drug-likeness (QED) is 0.621. The molecule has 21 heavy (non-hydrogen) atoms. The van der Waals surface area contributed by atoms with Crippen LogP contribution in [-0.4, -0.2) is 12.4 Å². The maximum absolute atomic E-state index is 11.5. The molecule has 0 saturated carbocycles. The zero-order chi connectivity index (χ0) is 14.8. The molecule has 3 aromatic rings. The Labute approximate surface area is 128 Å². The Morgan fingerprint density at radius 2 is 1.90 bits per heavy atom. The molecule has 1 aromatic heterocycles. The number of hydrogen-bond donors (Lipinski definition) is 0. The molecule has 0 amide bonds. The van der Waals surface area contributed by atoms with E-state index in [1.807, 2.05) is 44.2 Å². The molecule has 0 aliphatic carbocycles. The number of benzene rings is 2. The second kappa shape index (κ2) is 5.70. The van der Waals surface area contributed by atoms with Crippen molar-refractivity contribution in [3.05, 3.63) is 54.1 Å². The molecular formula is C18H16O2S. The number of rotatable bonds is 4. The van der Waals surface area contributed by atoms with Gasteiger partial charge in [0.25, 0.3) is 0 Å². The van der Waals surface area contributed by atoms with Crippen LogP contribution in [0.4, 0.5) is 0 Å². The summed E-state index contributed by atoms with van der Waals surface area (Å²) in [5, 5.41) is 1.20. The van der Waals surface area contributed by atoms with Gasteiger partial charge in [-0.25, -0.2) is 0 Å². The van der Waals surface area contributed by atoms with Gasteiger partial charge < -0.3 is 4.74 Å². The van der Waals surface area contributed by atoms with Gasteiger partial charge in [0.15, 0.2) is 6.29 Å². The first-order valence-corrected chi connectivity index (χ1v) is 7.74. The fraction of sp³-hybridized carbons (Fsp3) is 0.167. The van der Waals surface area contributed by atoms with E-state index in [0.717, 1.165) is 16.7 Å². The second-order valence-corrected chi connectivity index (χ2v) is 6.23. The summed E-state index contributed by atoms with van der Waals surface area (Å²) < 4.78 is 6.97. The van der Waals surface area contributed by atoms with Crippen molar-refractivity contribution in [3.63, 3.8) is 0 Å². The van der Waals surface area contributed by atoms with Crippen LogP contribution in [0.1, 0.15) is 24.2 Å². The SMILES string of the molecule is CC(C)Oc1cccc(-c2cc3ccccc3s2)c1C=O. The normalized spacial score (nSPS) is 11.0. The lowest BCUT2D eigenvalue weighted by Gasteiger charge is -2.13. The van der Waals surface area contributed by atoms with Gasteiger partial charge in [-0.3, -0.25) is 4.79 Å². The Hall–Kier alpha value is -2.13. The topological polar surface area (TPSA) is 26.3 Å². The molecule has 0 N–H and O–H groups in total. The lowest BCUT2D eigenvalue weighted by molar-refractivity contribution is 0.111. The molecule has 1 heterocycles. The zero-order valence-electron chi connectivity index (χ0n) is 12.0. The van der Waals surface area contributed by atoms with E-state index >= 15 is 0 Å². The molecule has 3 heteroatoms. The van der Waals surface area contributed by atoms with Crippen LogP contribution in [0.15, 0.2) is 48.5 Å². The van der Waals surface area contributed by atoms with E-state index in [9.17, 15) is 4.79 Å². The largest absolute Gasteiger partial charge is 0.490 e. The molecule has 0 aliphatic rings. The highest BCUT2D eigenvalue weighted by Crippen LogP contribution is 2.37. The molecule has 2 nitrogen and oxygen atoms in total. The number of carbonyl (C=O) groups is 1. The summed E-state index contributed by atoms with van der Waals surface area (Å²) in [6, 6.07) is 16.1. The Morgan fingerprint density at radius 1 is 1.10 bits per heavy atom. The summed E-state index contributed by atoms with van der Waals surface area (Å²) in [6.07, 6.45) is 0.929. The van der Waals surface area contributed by atoms with Crippen LogP contribution in [0, 0.1) is 0 Å². The van der Waals surface area contributed by atoms with Crippen LogP contribution in [0.25, 0.3) is 20.5 Å². The third-order valence-electron chi connectivity index (χ3n) is 3.24. The van der Waals surface area contributed by atoms with Gasteiger partial charge >= 0.3 is 0 Å². The summed E-state index contributed by atoms with van der Waals surface area (Å²) in [5.74, 6) is 0.648. The van der Waals surface area contributed by atoms with E-state index in [1.54, 1.807) is 11.3 Å². The molecule has 0 atom stereocenters. The van der Waals surface area contributed by atoms with Gasteiger partial charge in [0, 0.05) is 15.1 Å². The molecule has 106 valence electrons. The maximum atomic E-state index is 11.5. The highest BCUT2D eigenvalue weighted by molar-refractivity contribution is 7.22. The van der Waals surface area contributed by atoms with Gasteiger partial charge in [-0.2, -0.15) is 0 Å². The fourth-order valence-electron chi connectivity index (χ4n) is 2.35. The Bertz CT molecular complexity index is 754. The van der Waals surface area contributed by atoms with Crippen LogP contribution >= 0.6 is 11.3 Å². The molecule has 0 bridgehead atoms. The van der Waals surface area contributed by atoms with E-state index in [0.29, 0.717) is 11.3 Å².